The highest BCUT2D eigenvalue weighted by atomic mass is 35.5. The first kappa shape index (κ1) is 13.9. The van der Waals surface area contributed by atoms with Gasteiger partial charge in [0, 0.05) is 34.2 Å². The van der Waals surface area contributed by atoms with Gasteiger partial charge in [0.05, 0.1) is 0 Å². The van der Waals surface area contributed by atoms with Crippen molar-refractivity contribution in [3.8, 4) is 0 Å². The lowest BCUT2D eigenvalue weighted by Gasteiger charge is -2.24. The molecule has 0 saturated carbocycles. The topological polar surface area (TPSA) is 27.8 Å². The minimum absolute atomic E-state index is 0.382. The summed E-state index contributed by atoms with van der Waals surface area (Å²) in [6.07, 6.45) is 3.57. The van der Waals surface area contributed by atoms with Crippen molar-refractivity contribution >= 4 is 22.5 Å². The van der Waals surface area contributed by atoms with Crippen LogP contribution in [0.5, 0.6) is 0 Å². The normalized spacial score (nSPS) is 17.6. The molecule has 0 bridgehead atoms. The standard InChI is InChI=1S/C19H19ClN2/c20-16-9-3-1-6-13(16)12-21-18-11-5-8-15-14-7-2-4-10-17(14)22-19(15)18/h1-4,6-7,9-10,18,21-22H,5,8,11-12H2. The van der Waals surface area contributed by atoms with Gasteiger partial charge in [0.25, 0.3) is 0 Å². The van der Waals surface area contributed by atoms with E-state index in [-0.39, 0.29) is 0 Å². The Labute approximate surface area is 135 Å². The van der Waals surface area contributed by atoms with E-state index < -0.39 is 0 Å². The molecule has 1 aliphatic carbocycles. The zero-order valence-corrected chi connectivity index (χ0v) is 13.2. The number of para-hydroxylation sites is 1. The second-order valence-corrected chi connectivity index (χ2v) is 6.39. The van der Waals surface area contributed by atoms with Crippen LogP contribution in [-0.2, 0) is 13.0 Å². The van der Waals surface area contributed by atoms with E-state index in [0.717, 1.165) is 17.1 Å². The van der Waals surface area contributed by atoms with Gasteiger partial charge in [-0.25, -0.2) is 0 Å². The molecule has 1 heterocycles. The second-order valence-electron chi connectivity index (χ2n) is 5.98. The summed E-state index contributed by atoms with van der Waals surface area (Å²) in [4.78, 5) is 3.62. The third kappa shape index (κ3) is 2.43. The number of fused-ring (bicyclic) bond motifs is 3. The number of aromatic amines is 1. The zero-order chi connectivity index (χ0) is 14.9. The fraction of sp³-hybridized carbons (Fsp3) is 0.263. The van der Waals surface area contributed by atoms with Gasteiger partial charge >= 0.3 is 0 Å². The van der Waals surface area contributed by atoms with Crippen LogP contribution in [0.25, 0.3) is 10.9 Å². The number of benzene rings is 2. The number of halogens is 1. The van der Waals surface area contributed by atoms with Crippen LogP contribution < -0.4 is 5.32 Å². The summed E-state index contributed by atoms with van der Waals surface area (Å²) in [5, 5.41) is 5.89. The van der Waals surface area contributed by atoms with Crippen LogP contribution in [0.15, 0.2) is 48.5 Å². The van der Waals surface area contributed by atoms with Crippen LogP contribution in [0.2, 0.25) is 5.02 Å². The summed E-state index contributed by atoms with van der Waals surface area (Å²) in [5.74, 6) is 0. The van der Waals surface area contributed by atoms with Gasteiger partial charge in [-0.1, -0.05) is 48.0 Å². The number of rotatable bonds is 3. The van der Waals surface area contributed by atoms with Crippen molar-refractivity contribution in [2.75, 3.05) is 0 Å². The molecule has 112 valence electrons. The van der Waals surface area contributed by atoms with Crippen molar-refractivity contribution in [1.29, 1.82) is 0 Å². The molecule has 3 heteroatoms. The number of aryl methyl sites for hydroxylation is 1. The molecule has 2 nitrogen and oxygen atoms in total. The number of hydrogen-bond acceptors (Lipinski definition) is 1. The molecule has 4 rings (SSSR count). The van der Waals surface area contributed by atoms with E-state index in [2.05, 4.69) is 40.6 Å². The van der Waals surface area contributed by atoms with Gasteiger partial charge in [-0.05, 0) is 42.5 Å². The third-order valence-corrected chi connectivity index (χ3v) is 4.98. The minimum Gasteiger partial charge on any atom is -0.357 e. The highest BCUT2D eigenvalue weighted by Gasteiger charge is 2.23. The van der Waals surface area contributed by atoms with Crippen LogP contribution in [0, 0.1) is 0 Å². The predicted molar refractivity (Wildman–Crippen MR) is 92.3 cm³/mol. The molecule has 1 atom stereocenters. The Bertz CT molecular complexity index is 806. The smallest absolute Gasteiger partial charge is 0.0478 e. The fourth-order valence-corrected chi connectivity index (χ4v) is 3.70. The molecule has 0 fully saturated rings. The van der Waals surface area contributed by atoms with Crippen molar-refractivity contribution in [1.82, 2.24) is 10.3 Å². The first-order chi connectivity index (χ1) is 10.8. The van der Waals surface area contributed by atoms with Gasteiger partial charge in [0.2, 0.25) is 0 Å². The SMILES string of the molecule is Clc1ccccc1CNC1CCCc2c1[nH]c1ccccc21. The Morgan fingerprint density at radius 2 is 1.91 bits per heavy atom. The van der Waals surface area contributed by atoms with Crippen molar-refractivity contribution in [2.24, 2.45) is 0 Å². The van der Waals surface area contributed by atoms with E-state index in [9.17, 15) is 0 Å². The molecule has 0 radical (unpaired) electrons. The van der Waals surface area contributed by atoms with Gasteiger partial charge < -0.3 is 10.3 Å². The van der Waals surface area contributed by atoms with E-state index in [1.54, 1.807) is 0 Å². The maximum absolute atomic E-state index is 6.26. The number of H-pyrrole nitrogens is 1. The number of nitrogens with one attached hydrogen (secondary N) is 2. The molecule has 0 saturated heterocycles. The van der Waals surface area contributed by atoms with E-state index in [0.29, 0.717) is 6.04 Å². The predicted octanol–water partition coefficient (Wildman–Crippen LogP) is 4.99. The van der Waals surface area contributed by atoms with E-state index in [1.165, 1.54) is 41.4 Å². The first-order valence-electron chi connectivity index (χ1n) is 7.89. The summed E-state index contributed by atoms with van der Waals surface area (Å²) in [5.41, 5.74) is 5.25. The van der Waals surface area contributed by atoms with E-state index >= 15 is 0 Å². The van der Waals surface area contributed by atoms with Gasteiger partial charge in [0.15, 0.2) is 0 Å². The van der Waals surface area contributed by atoms with Crippen LogP contribution in [0.4, 0.5) is 0 Å². The highest BCUT2D eigenvalue weighted by molar-refractivity contribution is 6.31. The van der Waals surface area contributed by atoms with Crippen LogP contribution >= 0.6 is 11.6 Å². The molecule has 0 aliphatic heterocycles. The van der Waals surface area contributed by atoms with Crippen molar-refractivity contribution < 1.29 is 0 Å². The van der Waals surface area contributed by atoms with Crippen molar-refractivity contribution in [3.05, 3.63) is 70.4 Å². The lowest BCUT2D eigenvalue weighted by Crippen LogP contribution is -2.25. The summed E-state index contributed by atoms with van der Waals surface area (Å²) >= 11 is 6.26. The average Bonchev–Trinajstić information content (AvgIpc) is 2.93. The minimum atomic E-state index is 0.382. The summed E-state index contributed by atoms with van der Waals surface area (Å²) in [6.45, 7) is 0.805. The Hall–Kier alpha value is -1.77. The fourth-order valence-electron chi connectivity index (χ4n) is 3.49. The molecule has 1 unspecified atom stereocenters. The second kappa shape index (κ2) is 5.79. The Balaban J connectivity index is 1.61. The molecule has 1 aliphatic rings. The van der Waals surface area contributed by atoms with Gasteiger partial charge in [0.1, 0.15) is 0 Å². The lowest BCUT2D eigenvalue weighted by molar-refractivity contribution is 0.452. The van der Waals surface area contributed by atoms with Crippen LogP contribution in [0.1, 0.15) is 35.7 Å². The van der Waals surface area contributed by atoms with Crippen molar-refractivity contribution in [3.63, 3.8) is 0 Å². The number of aromatic nitrogens is 1. The molecular formula is C19H19ClN2. The quantitative estimate of drug-likeness (QED) is 0.701. The molecule has 0 spiro atoms. The average molecular weight is 311 g/mol. The molecule has 1 aromatic heterocycles. The van der Waals surface area contributed by atoms with E-state index in [1.807, 2.05) is 18.2 Å². The number of hydrogen-bond donors (Lipinski definition) is 2. The lowest BCUT2D eigenvalue weighted by atomic mass is 9.91. The summed E-state index contributed by atoms with van der Waals surface area (Å²) < 4.78 is 0. The Kier molecular flexibility index (Phi) is 3.65. The monoisotopic (exact) mass is 310 g/mol. The molecule has 22 heavy (non-hydrogen) atoms. The Morgan fingerprint density at radius 3 is 2.82 bits per heavy atom. The van der Waals surface area contributed by atoms with Crippen molar-refractivity contribution in [2.45, 2.75) is 31.8 Å². The Morgan fingerprint density at radius 1 is 1.09 bits per heavy atom. The van der Waals surface area contributed by atoms with Gasteiger partial charge in [-0.2, -0.15) is 0 Å². The summed E-state index contributed by atoms with van der Waals surface area (Å²) in [7, 11) is 0. The molecule has 3 aromatic rings. The van der Waals surface area contributed by atoms with Crippen LogP contribution in [-0.4, -0.2) is 4.98 Å². The molecule has 0 amide bonds. The molecule has 2 N–H and O–H groups in total. The van der Waals surface area contributed by atoms with Crippen LogP contribution in [0.3, 0.4) is 0 Å². The maximum atomic E-state index is 6.26. The highest BCUT2D eigenvalue weighted by Crippen LogP contribution is 2.34. The zero-order valence-electron chi connectivity index (χ0n) is 12.4. The summed E-state index contributed by atoms with van der Waals surface area (Å²) in [6, 6.07) is 17.0. The third-order valence-electron chi connectivity index (χ3n) is 4.61. The molecule has 2 aromatic carbocycles. The largest absolute Gasteiger partial charge is 0.357 e. The van der Waals surface area contributed by atoms with Gasteiger partial charge in [-0.3, -0.25) is 0 Å². The first-order valence-corrected chi connectivity index (χ1v) is 8.27. The maximum Gasteiger partial charge on any atom is 0.0478 e. The van der Waals surface area contributed by atoms with E-state index in [4.69, 9.17) is 11.6 Å². The van der Waals surface area contributed by atoms with Gasteiger partial charge in [-0.15, -0.1) is 0 Å². The molecular weight excluding hydrogens is 292 g/mol.